The Balaban J connectivity index is 1.80. The Morgan fingerprint density at radius 1 is 1.00 bits per heavy atom. The van der Waals surface area contributed by atoms with Crippen LogP contribution in [-0.2, 0) is 0 Å². The van der Waals surface area contributed by atoms with Crippen LogP contribution >= 0.6 is 0 Å². The summed E-state index contributed by atoms with van der Waals surface area (Å²) in [4.78, 5) is 6.80. The van der Waals surface area contributed by atoms with E-state index in [-0.39, 0.29) is 0 Å². The lowest BCUT2D eigenvalue weighted by Crippen LogP contribution is -2.19. The molecule has 1 aliphatic rings. The molecule has 5 nitrogen and oxygen atoms in total. The van der Waals surface area contributed by atoms with E-state index in [2.05, 4.69) is 26.3 Å². The van der Waals surface area contributed by atoms with Gasteiger partial charge >= 0.3 is 0 Å². The number of fused-ring (bicyclic) bond motifs is 1. The maximum absolute atomic E-state index is 4.48. The third-order valence-electron chi connectivity index (χ3n) is 3.76. The third-order valence-corrected chi connectivity index (χ3v) is 3.76. The van der Waals surface area contributed by atoms with Crippen LogP contribution in [-0.4, -0.2) is 33.1 Å². The Morgan fingerprint density at radius 3 is 2.75 bits per heavy atom. The summed E-state index contributed by atoms with van der Waals surface area (Å²) in [6, 6.07) is 12.0. The number of hydrogen-bond donors (Lipinski definition) is 0. The fraction of sp³-hybridized carbons (Fsp3) is 0.267. The van der Waals surface area contributed by atoms with E-state index in [0.29, 0.717) is 0 Å². The second kappa shape index (κ2) is 4.59. The highest BCUT2D eigenvalue weighted by Crippen LogP contribution is 2.22. The van der Waals surface area contributed by atoms with Crippen LogP contribution in [0.1, 0.15) is 12.8 Å². The largest absolute Gasteiger partial charge is 0.357 e. The van der Waals surface area contributed by atoms with E-state index in [1.165, 1.54) is 12.8 Å². The zero-order valence-electron chi connectivity index (χ0n) is 11.1. The molecule has 5 heteroatoms. The zero-order valence-corrected chi connectivity index (χ0v) is 11.1. The molecule has 3 heterocycles. The van der Waals surface area contributed by atoms with Gasteiger partial charge in [0.05, 0.1) is 11.2 Å². The molecule has 0 N–H and O–H groups in total. The molecule has 0 saturated carbocycles. The summed E-state index contributed by atoms with van der Waals surface area (Å²) in [6.45, 7) is 2.18. The Labute approximate surface area is 116 Å². The van der Waals surface area contributed by atoms with Gasteiger partial charge in [0.2, 0.25) is 0 Å². The average Bonchev–Trinajstić information content (AvgIpc) is 3.17. The van der Waals surface area contributed by atoms with Crippen molar-refractivity contribution in [2.75, 3.05) is 18.0 Å². The normalized spacial score (nSPS) is 15.1. The molecule has 1 fully saturated rings. The fourth-order valence-corrected chi connectivity index (χ4v) is 2.72. The van der Waals surface area contributed by atoms with Crippen molar-refractivity contribution in [3.05, 3.63) is 42.6 Å². The summed E-state index contributed by atoms with van der Waals surface area (Å²) in [5.41, 5.74) is 2.94. The van der Waals surface area contributed by atoms with Crippen molar-refractivity contribution in [1.82, 2.24) is 20.0 Å². The highest BCUT2D eigenvalue weighted by molar-refractivity contribution is 5.76. The minimum atomic E-state index is 0.909. The van der Waals surface area contributed by atoms with E-state index in [1.807, 2.05) is 41.2 Å². The van der Waals surface area contributed by atoms with Gasteiger partial charge in [0.15, 0.2) is 0 Å². The van der Waals surface area contributed by atoms with Gasteiger partial charge < -0.3 is 4.90 Å². The van der Waals surface area contributed by atoms with Crippen molar-refractivity contribution < 1.29 is 0 Å². The highest BCUT2D eigenvalue weighted by atomic mass is 15.4. The van der Waals surface area contributed by atoms with Gasteiger partial charge in [-0.3, -0.25) is 0 Å². The molecule has 0 spiro atoms. The van der Waals surface area contributed by atoms with Crippen LogP contribution in [0.3, 0.4) is 0 Å². The topological polar surface area (TPSA) is 46.8 Å². The first-order valence-electron chi connectivity index (χ1n) is 6.94. The Kier molecular flexibility index (Phi) is 2.62. The van der Waals surface area contributed by atoms with E-state index in [0.717, 1.165) is 35.6 Å². The van der Waals surface area contributed by atoms with Gasteiger partial charge in [-0.15, -0.1) is 5.10 Å². The van der Waals surface area contributed by atoms with Crippen LogP contribution in [0, 0.1) is 0 Å². The van der Waals surface area contributed by atoms with Crippen molar-refractivity contribution in [3.8, 4) is 5.69 Å². The molecule has 0 amide bonds. The second-order valence-corrected chi connectivity index (χ2v) is 5.06. The highest BCUT2D eigenvalue weighted by Gasteiger charge is 2.14. The summed E-state index contributed by atoms with van der Waals surface area (Å²) in [6.07, 6.45) is 4.34. The molecule has 1 aliphatic heterocycles. The smallest absolute Gasteiger partial charge is 0.130 e. The Morgan fingerprint density at radius 2 is 1.85 bits per heavy atom. The molecule has 1 aromatic carbocycles. The van der Waals surface area contributed by atoms with E-state index in [9.17, 15) is 0 Å². The maximum Gasteiger partial charge on any atom is 0.130 e. The van der Waals surface area contributed by atoms with Crippen molar-refractivity contribution >= 4 is 16.9 Å². The van der Waals surface area contributed by atoms with Crippen LogP contribution in [0.5, 0.6) is 0 Å². The summed E-state index contributed by atoms with van der Waals surface area (Å²) >= 11 is 0. The lowest BCUT2D eigenvalue weighted by atomic mass is 10.3. The Bertz CT molecular complexity index is 743. The van der Waals surface area contributed by atoms with E-state index >= 15 is 0 Å². The minimum absolute atomic E-state index is 0.909. The SMILES string of the molecule is c1ccc2c(c1)nnn2-c1ccnc(N2CCCC2)c1. The molecular formula is C15H15N5. The van der Waals surface area contributed by atoms with Crippen LogP contribution < -0.4 is 4.90 Å². The van der Waals surface area contributed by atoms with Gasteiger partial charge in [0.25, 0.3) is 0 Å². The van der Waals surface area contributed by atoms with Crippen LogP contribution in [0.25, 0.3) is 16.7 Å². The molecule has 20 heavy (non-hydrogen) atoms. The first kappa shape index (κ1) is 11.4. The number of anilines is 1. The molecule has 4 rings (SSSR count). The number of nitrogens with zero attached hydrogens (tertiary/aromatic N) is 5. The van der Waals surface area contributed by atoms with E-state index in [4.69, 9.17) is 0 Å². The summed E-state index contributed by atoms with van der Waals surface area (Å²) in [5.74, 6) is 1.03. The monoisotopic (exact) mass is 265 g/mol. The average molecular weight is 265 g/mol. The molecule has 2 aromatic heterocycles. The molecule has 0 unspecified atom stereocenters. The third kappa shape index (κ3) is 1.82. The molecule has 1 saturated heterocycles. The van der Waals surface area contributed by atoms with Gasteiger partial charge in [-0.2, -0.15) is 0 Å². The molecular weight excluding hydrogens is 250 g/mol. The lowest BCUT2D eigenvalue weighted by molar-refractivity contribution is 0.819. The second-order valence-electron chi connectivity index (χ2n) is 5.06. The van der Waals surface area contributed by atoms with Gasteiger partial charge in [-0.25, -0.2) is 9.67 Å². The quantitative estimate of drug-likeness (QED) is 0.714. The molecule has 0 aliphatic carbocycles. The van der Waals surface area contributed by atoms with Crippen molar-refractivity contribution in [2.45, 2.75) is 12.8 Å². The number of pyridine rings is 1. The van der Waals surface area contributed by atoms with Crippen LogP contribution in [0.4, 0.5) is 5.82 Å². The number of rotatable bonds is 2. The maximum atomic E-state index is 4.48. The van der Waals surface area contributed by atoms with Crippen molar-refractivity contribution in [2.24, 2.45) is 0 Å². The van der Waals surface area contributed by atoms with Crippen molar-refractivity contribution in [3.63, 3.8) is 0 Å². The number of benzene rings is 1. The minimum Gasteiger partial charge on any atom is -0.357 e. The van der Waals surface area contributed by atoms with Gasteiger partial charge in [0, 0.05) is 25.4 Å². The predicted octanol–water partition coefficient (Wildman–Crippen LogP) is 2.42. The molecule has 3 aromatic rings. The number of para-hydroxylation sites is 1. The van der Waals surface area contributed by atoms with E-state index < -0.39 is 0 Å². The standard InChI is InChI=1S/C15H15N5/c1-2-6-14-13(5-1)17-18-20(14)12-7-8-16-15(11-12)19-9-3-4-10-19/h1-2,5-8,11H,3-4,9-10H2. The lowest BCUT2D eigenvalue weighted by Gasteiger charge is -2.16. The predicted molar refractivity (Wildman–Crippen MR) is 78.1 cm³/mol. The number of hydrogen-bond acceptors (Lipinski definition) is 4. The van der Waals surface area contributed by atoms with Crippen LogP contribution in [0.15, 0.2) is 42.6 Å². The Hall–Kier alpha value is -2.43. The number of aromatic nitrogens is 4. The summed E-state index contributed by atoms with van der Waals surface area (Å²) in [7, 11) is 0. The molecule has 0 atom stereocenters. The fourth-order valence-electron chi connectivity index (χ4n) is 2.72. The zero-order chi connectivity index (χ0) is 13.4. The molecule has 100 valence electrons. The summed E-state index contributed by atoms with van der Waals surface area (Å²) < 4.78 is 1.87. The summed E-state index contributed by atoms with van der Waals surface area (Å²) in [5, 5.41) is 8.45. The molecule has 0 bridgehead atoms. The van der Waals surface area contributed by atoms with E-state index in [1.54, 1.807) is 0 Å². The first-order valence-corrected chi connectivity index (χ1v) is 6.94. The van der Waals surface area contributed by atoms with Crippen molar-refractivity contribution in [1.29, 1.82) is 0 Å². The van der Waals surface area contributed by atoms with Gasteiger partial charge in [0.1, 0.15) is 11.3 Å². The van der Waals surface area contributed by atoms with Gasteiger partial charge in [-0.1, -0.05) is 17.3 Å². The first-order chi connectivity index (χ1) is 9.92. The van der Waals surface area contributed by atoms with Crippen LogP contribution in [0.2, 0.25) is 0 Å². The molecule has 0 radical (unpaired) electrons. The van der Waals surface area contributed by atoms with Gasteiger partial charge in [-0.05, 0) is 31.0 Å².